The Balaban J connectivity index is 2.28. The summed E-state index contributed by atoms with van der Waals surface area (Å²) in [5.41, 5.74) is -0.587. The molecule has 4 nitrogen and oxygen atoms in total. The van der Waals surface area contributed by atoms with Gasteiger partial charge >= 0.3 is 5.97 Å². The molecule has 0 saturated heterocycles. The zero-order valence-corrected chi connectivity index (χ0v) is 15.2. The normalized spacial score (nSPS) is 13.7. The topological polar surface area (TPSA) is 51.2 Å². The fraction of sp³-hybridized carbons (Fsp3) is 0.600. The van der Waals surface area contributed by atoms with Gasteiger partial charge in [-0.2, -0.15) is 0 Å². The van der Waals surface area contributed by atoms with Gasteiger partial charge in [-0.3, -0.25) is 4.79 Å². The monoisotopic (exact) mass is 374 g/mol. The van der Waals surface area contributed by atoms with E-state index >= 15 is 0 Å². The first-order valence-corrected chi connectivity index (χ1v) is 8.90. The lowest BCUT2D eigenvalue weighted by Crippen LogP contribution is -2.48. The minimum absolute atomic E-state index is 0.172. The Morgan fingerprint density at radius 2 is 2.24 bits per heavy atom. The van der Waals surface area contributed by atoms with Gasteiger partial charge in [-0.1, -0.05) is 6.42 Å². The second kappa shape index (κ2) is 9.43. The summed E-state index contributed by atoms with van der Waals surface area (Å²) < 4.78 is 6.11. The van der Waals surface area contributed by atoms with Gasteiger partial charge in [-0.05, 0) is 67.6 Å². The standard InChI is InChI=1S/C15H23BrN2O2S/c1-4-20-14(19)15(2,17-3)9-5-6-10-21-13-8-7-12(16)11-18-13/h7-8,11,17H,4-6,9-10H2,1-3H3. The third-order valence-corrected chi connectivity index (χ3v) is 4.80. The van der Waals surface area contributed by atoms with Crippen molar-refractivity contribution < 1.29 is 9.53 Å². The van der Waals surface area contributed by atoms with Crippen LogP contribution in [0.3, 0.4) is 0 Å². The lowest BCUT2D eigenvalue weighted by atomic mass is 9.95. The highest BCUT2D eigenvalue weighted by molar-refractivity contribution is 9.10. The van der Waals surface area contributed by atoms with Crippen LogP contribution in [-0.4, -0.2) is 35.9 Å². The van der Waals surface area contributed by atoms with Crippen LogP contribution in [0.2, 0.25) is 0 Å². The Kier molecular flexibility index (Phi) is 8.29. The number of halogens is 1. The average molecular weight is 375 g/mol. The summed E-state index contributed by atoms with van der Waals surface area (Å²) in [6.45, 7) is 4.14. The summed E-state index contributed by atoms with van der Waals surface area (Å²) in [6.07, 6.45) is 4.59. The van der Waals surface area contributed by atoms with Crippen LogP contribution in [0.4, 0.5) is 0 Å². The predicted octanol–water partition coefficient (Wildman–Crippen LogP) is 3.65. The Morgan fingerprint density at radius 1 is 1.48 bits per heavy atom. The van der Waals surface area contributed by atoms with Crippen molar-refractivity contribution in [2.45, 2.75) is 43.7 Å². The Bertz CT molecular complexity index is 442. The molecule has 1 aromatic rings. The van der Waals surface area contributed by atoms with E-state index in [0.717, 1.165) is 34.5 Å². The maximum absolute atomic E-state index is 11.9. The molecule has 0 spiro atoms. The molecule has 1 heterocycles. The largest absolute Gasteiger partial charge is 0.465 e. The fourth-order valence-electron chi connectivity index (χ4n) is 1.82. The molecule has 0 radical (unpaired) electrons. The van der Waals surface area contributed by atoms with Gasteiger partial charge in [-0.25, -0.2) is 4.98 Å². The number of hydrogen-bond donors (Lipinski definition) is 1. The number of carbonyl (C=O) groups is 1. The smallest absolute Gasteiger partial charge is 0.326 e. The van der Waals surface area contributed by atoms with Gasteiger partial charge in [0, 0.05) is 10.7 Å². The molecular formula is C15H23BrN2O2S. The number of pyridine rings is 1. The number of unbranched alkanes of at least 4 members (excludes halogenated alkanes) is 1. The van der Waals surface area contributed by atoms with Crippen molar-refractivity contribution in [2.24, 2.45) is 0 Å². The van der Waals surface area contributed by atoms with E-state index in [-0.39, 0.29) is 5.97 Å². The van der Waals surface area contributed by atoms with Crippen molar-refractivity contribution in [3.05, 3.63) is 22.8 Å². The molecule has 21 heavy (non-hydrogen) atoms. The highest BCUT2D eigenvalue weighted by atomic mass is 79.9. The molecule has 0 aliphatic carbocycles. The number of esters is 1. The number of aromatic nitrogens is 1. The maximum Gasteiger partial charge on any atom is 0.326 e. The third-order valence-electron chi connectivity index (χ3n) is 3.30. The molecule has 0 aliphatic rings. The molecule has 0 aliphatic heterocycles. The molecule has 1 unspecified atom stereocenters. The van der Waals surface area contributed by atoms with Crippen LogP contribution in [0.25, 0.3) is 0 Å². The molecule has 0 amide bonds. The van der Waals surface area contributed by atoms with Crippen molar-refractivity contribution in [2.75, 3.05) is 19.4 Å². The van der Waals surface area contributed by atoms with E-state index in [4.69, 9.17) is 4.74 Å². The molecule has 0 fully saturated rings. The molecule has 118 valence electrons. The molecule has 1 atom stereocenters. The molecule has 0 aromatic carbocycles. The summed E-state index contributed by atoms with van der Waals surface area (Å²) >= 11 is 5.11. The number of likely N-dealkylation sites (N-methyl/N-ethyl adjacent to an activating group) is 1. The predicted molar refractivity (Wildman–Crippen MR) is 90.6 cm³/mol. The first kappa shape index (κ1) is 18.5. The summed E-state index contributed by atoms with van der Waals surface area (Å²) in [6, 6.07) is 4.00. The van der Waals surface area contributed by atoms with E-state index < -0.39 is 5.54 Å². The highest BCUT2D eigenvalue weighted by Crippen LogP contribution is 2.21. The van der Waals surface area contributed by atoms with E-state index in [9.17, 15) is 4.79 Å². The third kappa shape index (κ3) is 6.36. The lowest BCUT2D eigenvalue weighted by molar-refractivity contribution is -0.150. The van der Waals surface area contributed by atoms with E-state index in [1.807, 2.05) is 26.0 Å². The van der Waals surface area contributed by atoms with E-state index in [1.165, 1.54) is 0 Å². The number of hydrogen-bond acceptors (Lipinski definition) is 5. The van der Waals surface area contributed by atoms with Crippen molar-refractivity contribution in [3.63, 3.8) is 0 Å². The number of thioether (sulfide) groups is 1. The van der Waals surface area contributed by atoms with Gasteiger partial charge in [0.2, 0.25) is 0 Å². The van der Waals surface area contributed by atoms with Crippen LogP contribution in [0.5, 0.6) is 0 Å². The highest BCUT2D eigenvalue weighted by Gasteiger charge is 2.32. The van der Waals surface area contributed by atoms with E-state index in [1.54, 1.807) is 25.0 Å². The van der Waals surface area contributed by atoms with Crippen LogP contribution in [-0.2, 0) is 9.53 Å². The second-order valence-electron chi connectivity index (χ2n) is 4.92. The zero-order chi connectivity index (χ0) is 15.7. The van der Waals surface area contributed by atoms with Gasteiger partial charge in [0.25, 0.3) is 0 Å². The summed E-state index contributed by atoms with van der Waals surface area (Å²) in [5.74, 6) is 0.826. The van der Waals surface area contributed by atoms with Gasteiger partial charge < -0.3 is 10.1 Å². The van der Waals surface area contributed by atoms with Crippen molar-refractivity contribution in [3.8, 4) is 0 Å². The van der Waals surface area contributed by atoms with Crippen molar-refractivity contribution in [1.82, 2.24) is 10.3 Å². The summed E-state index contributed by atoms with van der Waals surface area (Å²) in [5, 5.41) is 4.11. The number of rotatable bonds is 9. The number of carbonyl (C=O) groups excluding carboxylic acids is 1. The molecule has 0 saturated carbocycles. The van der Waals surface area contributed by atoms with Crippen molar-refractivity contribution in [1.29, 1.82) is 0 Å². The first-order valence-electron chi connectivity index (χ1n) is 7.12. The molecule has 0 bridgehead atoms. The van der Waals surface area contributed by atoms with Crippen LogP contribution in [0, 0.1) is 0 Å². The fourth-order valence-corrected chi connectivity index (χ4v) is 2.91. The maximum atomic E-state index is 11.9. The summed E-state index contributed by atoms with van der Waals surface area (Å²) in [7, 11) is 1.80. The lowest BCUT2D eigenvalue weighted by Gasteiger charge is -2.26. The van der Waals surface area contributed by atoms with Crippen LogP contribution in [0.1, 0.15) is 33.1 Å². The molecule has 1 N–H and O–H groups in total. The van der Waals surface area contributed by atoms with Gasteiger partial charge in [0.1, 0.15) is 5.54 Å². The number of nitrogens with zero attached hydrogens (tertiary/aromatic N) is 1. The minimum atomic E-state index is -0.587. The number of ether oxygens (including phenoxy) is 1. The average Bonchev–Trinajstić information content (AvgIpc) is 2.48. The van der Waals surface area contributed by atoms with Crippen LogP contribution in [0.15, 0.2) is 27.8 Å². The second-order valence-corrected chi connectivity index (χ2v) is 6.95. The Morgan fingerprint density at radius 3 is 2.81 bits per heavy atom. The van der Waals surface area contributed by atoms with Gasteiger partial charge in [0.05, 0.1) is 11.6 Å². The van der Waals surface area contributed by atoms with Crippen LogP contribution < -0.4 is 5.32 Å². The molecule has 6 heteroatoms. The SMILES string of the molecule is CCOC(=O)C(C)(CCCCSc1ccc(Br)cn1)NC. The van der Waals surface area contributed by atoms with Gasteiger partial charge in [-0.15, -0.1) is 11.8 Å². The first-order chi connectivity index (χ1) is 10.0. The van der Waals surface area contributed by atoms with Gasteiger partial charge in [0.15, 0.2) is 0 Å². The quantitative estimate of drug-likeness (QED) is 0.406. The summed E-state index contributed by atoms with van der Waals surface area (Å²) in [4.78, 5) is 16.2. The molecular weight excluding hydrogens is 352 g/mol. The number of nitrogens with one attached hydrogen (secondary N) is 1. The van der Waals surface area contributed by atoms with E-state index in [0.29, 0.717) is 6.61 Å². The Hall–Kier alpha value is -0.590. The van der Waals surface area contributed by atoms with Crippen LogP contribution >= 0.6 is 27.7 Å². The van der Waals surface area contributed by atoms with E-state index in [2.05, 4.69) is 26.2 Å². The van der Waals surface area contributed by atoms with Crippen molar-refractivity contribution >= 4 is 33.7 Å². The molecule has 1 aromatic heterocycles. The minimum Gasteiger partial charge on any atom is -0.465 e. The Labute approximate surface area is 139 Å². The molecule has 1 rings (SSSR count). The zero-order valence-electron chi connectivity index (χ0n) is 12.8.